The first-order chi connectivity index (χ1) is 8.78. The molecule has 1 atom stereocenters. The maximum Gasteiger partial charge on any atom is 0.172 e. The number of rotatable bonds is 2. The molecular formula is C14H18N4. The molecule has 3 rings (SSSR count). The van der Waals surface area contributed by atoms with Gasteiger partial charge in [0.15, 0.2) is 11.6 Å². The van der Waals surface area contributed by atoms with Crippen LogP contribution in [-0.4, -0.2) is 23.1 Å². The van der Waals surface area contributed by atoms with E-state index in [1.54, 1.807) is 0 Å². The number of benzene rings is 1. The molecule has 1 fully saturated rings. The highest BCUT2D eigenvalue weighted by molar-refractivity contribution is 5.79. The average molecular weight is 242 g/mol. The van der Waals surface area contributed by atoms with Gasteiger partial charge in [-0.2, -0.15) is 0 Å². The van der Waals surface area contributed by atoms with Crippen LogP contribution in [0.25, 0.3) is 11.0 Å². The molecule has 1 aromatic carbocycles. The van der Waals surface area contributed by atoms with Gasteiger partial charge in [-0.15, -0.1) is 0 Å². The van der Waals surface area contributed by atoms with Crippen molar-refractivity contribution in [2.75, 3.05) is 23.7 Å². The lowest BCUT2D eigenvalue weighted by atomic mass is 10.1. The maximum atomic E-state index is 6.04. The van der Waals surface area contributed by atoms with E-state index in [2.05, 4.69) is 21.8 Å². The molecule has 0 amide bonds. The molecule has 0 spiro atoms. The van der Waals surface area contributed by atoms with Gasteiger partial charge in [-0.25, -0.2) is 9.97 Å². The maximum absolute atomic E-state index is 6.04. The Labute approximate surface area is 107 Å². The quantitative estimate of drug-likeness (QED) is 0.878. The molecule has 1 saturated heterocycles. The minimum Gasteiger partial charge on any atom is -0.381 e. The topological polar surface area (TPSA) is 55.0 Å². The van der Waals surface area contributed by atoms with Gasteiger partial charge in [0.05, 0.1) is 11.0 Å². The molecule has 0 bridgehead atoms. The Bertz CT molecular complexity index is 567. The van der Waals surface area contributed by atoms with Crippen LogP contribution in [0.1, 0.15) is 19.8 Å². The molecule has 0 aliphatic carbocycles. The minimum atomic E-state index is 0.547. The Morgan fingerprint density at radius 2 is 2.00 bits per heavy atom. The van der Waals surface area contributed by atoms with Crippen LogP contribution in [-0.2, 0) is 0 Å². The van der Waals surface area contributed by atoms with Crippen LogP contribution in [0.5, 0.6) is 0 Å². The molecule has 1 unspecified atom stereocenters. The van der Waals surface area contributed by atoms with Crippen molar-refractivity contribution in [1.29, 1.82) is 0 Å². The van der Waals surface area contributed by atoms with Crippen molar-refractivity contribution >= 4 is 22.7 Å². The van der Waals surface area contributed by atoms with E-state index in [4.69, 9.17) is 5.73 Å². The number of aromatic nitrogens is 2. The second kappa shape index (κ2) is 4.44. The number of hydrogen-bond acceptors (Lipinski definition) is 4. The summed E-state index contributed by atoms with van der Waals surface area (Å²) in [6.45, 7) is 4.33. The summed E-state index contributed by atoms with van der Waals surface area (Å²) in [4.78, 5) is 11.4. The number of anilines is 2. The summed E-state index contributed by atoms with van der Waals surface area (Å²) in [7, 11) is 0. The number of hydrogen-bond donors (Lipinski definition) is 1. The summed E-state index contributed by atoms with van der Waals surface area (Å²) in [6.07, 6.45) is 2.45. The van der Waals surface area contributed by atoms with Crippen molar-refractivity contribution in [3.05, 3.63) is 24.3 Å². The van der Waals surface area contributed by atoms with Gasteiger partial charge < -0.3 is 10.6 Å². The minimum absolute atomic E-state index is 0.547. The van der Waals surface area contributed by atoms with Crippen molar-refractivity contribution in [2.45, 2.75) is 19.8 Å². The highest BCUT2D eigenvalue weighted by Gasteiger charge is 2.24. The third-order valence-corrected chi connectivity index (χ3v) is 3.74. The van der Waals surface area contributed by atoms with Crippen molar-refractivity contribution < 1.29 is 0 Å². The fourth-order valence-electron chi connectivity index (χ4n) is 2.60. The molecule has 0 saturated carbocycles. The van der Waals surface area contributed by atoms with Gasteiger partial charge in [0, 0.05) is 13.1 Å². The molecule has 18 heavy (non-hydrogen) atoms. The van der Waals surface area contributed by atoms with Gasteiger partial charge in [-0.05, 0) is 24.5 Å². The van der Waals surface area contributed by atoms with Crippen molar-refractivity contribution in [1.82, 2.24) is 9.97 Å². The molecule has 2 heterocycles. The highest BCUT2D eigenvalue weighted by Crippen LogP contribution is 2.28. The molecule has 94 valence electrons. The van der Waals surface area contributed by atoms with E-state index in [0.717, 1.165) is 35.9 Å². The van der Waals surface area contributed by atoms with E-state index in [0.29, 0.717) is 5.82 Å². The molecule has 1 aromatic heterocycles. The summed E-state index contributed by atoms with van der Waals surface area (Å²) in [5, 5.41) is 0. The number of fused-ring (bicyclic) bond motifs is 1. The zero-order valence-electron chi connectivity index (χ0n) is 10.6. The van der Waals surface area contributed by atoms with E-state index < -0.39 is 0 Å². The first-order valence-electron chi connectivity index (χ1n) is 6.55. The van der Waals surface area contributed by atoms with Crippen LogP contribution in [0.3, 0.4) is 0 Å². The van der Waals surface area contributed by atoms with E-state index in [-0.39, 0.29) is 0 Å². The first kappa shape index (κ1) is 11.3. The molecule has 4 heteroatoms. The van der Waals surface area contributed by atoms with Crippen molar-refractivity contribution in [2.24, 2.45) is 5.92 Å². The van der Waals surface area contributed by atoms with Crippen molar-refractivity contribution in [3.63, 3.8) is 0 Å². The Hall–Kier alpha value is -1.84. The SMILES string of the molecule is CCC1CCN(c2nc3ccccc3nc2N)C1. The van der Waals surface area contributed by atoms with E-state index in [1.807, 2.05) is 24.3 Å². The average Bonchev–Trinajstić information content (AvgIpc) is 2.86. The van der Waals surface area contributed by atoms with Crippen molar-refractivity contribution in [3.8, 4) is 0 Å². The summed E-state index contributed by atoms with van der Waals surface area (Å²) in [5.41, 5.74) is 7.82. The standard InChI is InChI=1S/C14H18N4/c1-2-10-7-8-18(9-10)14-13(15)16-11-5-3-4-6-12(11)17-14/h3-6,10H,2,7-9H2,1H3,(H2,15,16). The third kappa shape index (κ3) is 1.88. The van der Waals surface area contributed by atoms with Gasteiger partial charge in [-0.1, -0.05) is 25.5 Å². The van der Waals surface area contributed by atoms with Crippen LogP contribution >= 0.6 is 0 Å². The number of para-hydroxylation sites is 2. The second-order valence-corrected chi connectivity index (χ2v) is 4.93. The second-order valence-electron chi connectivity index (χ2n) is 4.93. The number of nitrogen functional groups attached to an aromatic ring is 1. The molecule has 1 aliphatic rings. The fraction of sp³-hybridized carbons (Fsp3) is 0.429. The third-order valence-electron chi connectivity index (χ3n) is 3.74. The molecule has 2 N–H and O–H groups in total. The zero-order chi connectivity index (χ0) is 12.5. The lowest BCUT2D eigenvalue weighted by Crippen LogP contribution is -2.22. The van der Waals surface area contributed by atoms with Gasteiger partial charge in [0.1, 0.15) is 0 Å². The monoisotopic (exact) mass is 242 g/mol. The smallest absolute Gasteiger partial charge is 0.172 e. The molecular weight excluding hydrogens is 224 g/mol. The summed E-state index contributed by atoms with van der Waals surface area (Å²) in [6, 6.07) is 7.87. The number of nitrogens with two attached hydrogens (primary N) is 1. The van der Waals surface area contributed by atoms with Crippen LogP contribution in [0.4, 0.5) is 11.6 Å². The molecule has 1 aliphatic heterocycles. The normalized spacial score (nSPS) is 19.6. The summed E-state index contributed by atoms with van der Waals surface area (Å²) >= 11 is 0. The number of nitrogens with zero attached hydrogens (tertiary/aromatic N) is 3. The van der Waals surface area contributed by atoms with Gasteiger partial charge >= 0.3 is 0 Å². The van der Waals surface area contributed by atoms with Crippen LogP contribution in [0.2, 0.25) is 0 Å². The predicted molar refractivity (Wildman–Crippen MR) is 74.6 cm³/mol. The predicted octanol–water partition coefficient (Wildman–Crippen LogP) is 2.45. The Kier molecular flexibility index (Phi) is 2.78. The largest absolute Gasteiger partial charge is 0.381 e. The van der Waals surface area contributed by atoms with E-state index >= 15 is 0 Å². The highest BCUT2D eigenvalue weighted by atomic mass is 15.2. The van der Waals surface area contributed by atoms with Crippen LogP contribution in [0, 0.1) is 5.92 Å². The van der Waals surface area contributed by atoms with Gasteiger partial charge in [0.2, 0.25) is 0 Å². The summed E-state index contributed by atoms with van der Waals surface area (Å²) in [5.74, 6) is 2.16. The Morgan fingerprint density at radius 1 is 1.28 bits per heavy atom. The van der Waals surface area contributed by atoms with Crippen LogP contribution < -0.4 is 10.6 Å². The van der Waals surface area contributed by atoms with E-state index in [9.17, 15) is 0 Å². The van der Waals surface area contributed by atoms with E-state index in [1.165, 1.54) is 12.8 Å². The Balaban J connectivity index is 1.99. The Morgan fingerprint density at radius 3 is 2.67 bits per heavy atom. The lowest BCUT2D eigenvalue weighted by molar-refractivity contribution is 0.569. The lowest BCUT2D eigenvalue weighted by Gasteiger charge is -2.19. The molecule has 0 radical (unpaired) electrons. The van der Waals surface area contributed by atoms with Gasteiger partial charge in [0.25, 0.3) is 0 Å². The fourth-order valence-corrected chi connectivity index (χ4v) is 2.60. The zero-order valence-corrected chi connectivity index (χ0v) is 10.6. The molecule has 2 aromatic rings. The van der Waals surface area contributed by atoms with Crippen LogP contribution in [0.15, 0.2) is 24.3 Å². The molecule has 4 nitrogen and oxygen atoms in total. The first-order valence-corrected chi connectivity index (χ1v) is 6.55. The van der Waals surface area contributed by atoms with Gasteiger partial charge in [-0.3, -0.25) is 0 Å². The summed E-state index contributed by atoms with van der Waals surface area (Å²) < 4.78 is 0.